The highest BCUT2D eigenvalue weighted by Gasteiger charge is 2.28. The third-order valence-corrected chi connectivity index (χ3v) is 4.94. The fourth-order valence-electron chi connectivity index (χ4n) is 2.30. The molecule has 1 saturated heterocycles. The lowest BCUT2D eigenvalue weighted by Crippen LogP contribution is -2.54. The summed E-state index contributed by atoms with van der Waals surface area (Å²) in [5, 5.41) is 3.36. The second-order valence-corrected chi connectivity index (χ2v) is 8.15. The van der Waals surface area contributed by atoms with Crippen LogP contribution in [-0.4, -0.2) is 69.7 Å². The Kier molecular flexibility index (Phi) is 5.17. The molecular formula is C12H27N3O2S. The minimum absolute atomic E-state index is 0.211. The van der Waals surface area contributed by atoms with Crippen LogP contribution in [0.3, 0.4) is 0 Å². The number of nitrogens with one attached hydrogen (secondary N) is 1. The Morgan fingerprint density at radius 3 is 2.00 bits per heavy atom. The van der Waals surface area contributed by atoms with Crippen molar-refractivity contribution in [2.45, 2.75) is 26.8 Å². The summed E-state index contributed by atoms with van der Waals surface area (Å²) < 4.78 is 24.4. The van der Waals surface area contributed by atoms with Crippen molar-refractivity contribution in [3.8, 4) is 0 Å². The normalized spacial score (nSPS) is 22.1. The van der Waals surface area contributed by atoms with Gasteiger partial charge in [-0.15, -0.1) is 0 Å². The third-order valence-electron chi connectivity index (χ3n) is 3.63. The summed E-state index contributed by atoms with van der Waals surface area (Å²) in [6.07, 6.45) is 1.29. The van der Waals surface area contributed by atoms with E-state index in [-0.39, 0.29) is 5.41 Å². The van der Waals surface area contributed by atoms with Crippen molar-refractivity contribution >= 4 is 10.0 Å². The van der Waals surface area contributed by atoms with Crippen molar-refractivity contribution < 1.29 is 8.42 Å². The first-order valence-electron chi connectivity index (χ1n) is 6.49. The van der Waals surface area contributed by atoms with Gasteiger partial charge >= 0.3 is 0 Å². The first kappa shape index (κ1) is 15.9. The molecule has 1 atom stereocenters. The van der Waals surface area contributed by atoms with Gasteiger partial charge in [0.05, 0.1) is 6.26 Å². The molecule has 1 fully saturated rings. The molecule has 6 heteroatoms. The predicted molar refractivity (Wildman–Crippen MR) is 75.2 cm³/mol. The molecular weight excluding hydrogens is 250 g/mol. The zero-order valence-electron chi connectivity index (χ0n) is 12.2. The quantitative estimate of drug-likeness (QED) is 0.797. The summed E-state index contributed by atoms with van der Waals surface area (Å²) in [7, 11) is -1.03. The summed E-state index contributed by atoms with van der Waals surface area (Å²) in [4.78, 5) is 2.34. The monoisotopic (exact) mass is 277 g/mol. The molecule has 0 aromatic rings. The van der Waals surface area contributed by atoms with Crippen molar-refractivity contribution in [3.05, 3.63) is 0 Å². The number of hydrogen-bond acceptors (Lipinski definition) is 4. The molecule has 1 N–H and O–H groups in total. The van der Waals surface area contributed by atoms with Crippen LogP contribution in [0.2, 0.25) is 0 Å². The van der Waals surface area contributed by atoms with Crippen LogP contribution in [0, 0.1) is 5.41 Å². The van der Waals surface area contributed by atoms with Gasteiger partial charge in [-0.25, -0.2) is 8.42 Å². The van der Waals surface area contributed by atoms with Gasteiger partial charge in [0.15, 0.2) is 0 Å². The van der Waals surface area contributed by atoms with Crippen LogP contribution < -0.4 is 5.32 Å². The highest BCUT2D eigenvalue weighted by atomic mass is 32.2. The van der Waals surface area contributed by atoms with Crippen LogP contribution in [0.1, 0.15) is 20.8 Å². The average Bonchev–Trinajstić information content (AvgIpc) is 2.23. The molecule has 0 aliphatic carbocycles. The molecule has 0 bridgehead atoms. The summed E-state index contributed by atoms with van der Waals surface area (Å²) in [6, 6.07) is 0.419. The molecule has 1 aliphatic rings. The summed E-state index contributed by atoms with van der Waals surface area (Å²) in [6.45, 7) is 10.5. The molecule has 0 spiro atoms. The predicted octanol–water partition coefficient (Wildman–Crippen LogP) is 0.198. The molecule has 108 valence electrons. The SMILES string of the molecule is CNC(CN1CCN(S(C)(=O)=O)CC1)C(C)(C)C. The van der Waals surface area contributed by atoms with Crippen molar-refractivity contribution in [3.63, 3.8) is 0 Å². The van der Waals surface area contributed by atoms with E-state index in [1.165, 1.54) is 6.26 Å². The lowest BCUT2D eigenvalue weighted by molar-refractivity contribution is 0.139. The Morgan fingerprint density at radius 2 is 1.67 bits per heavy atom. The molecule has 1 heterocycles. The van der Waals surface area contributed by atoms with Crippen LogP contribution in [0.25, 0.3) is 0 Å². The minimum Gasteiger partial charge on any atom is -0.315 e. The van der Waals surface area contributed by atoms with Gasteiger partial charge in [-0.05, 0) is 12.5 Å². The second kappa shape index (κ2) is 5.86. The van der Waals surface area contributed by atoms with Gasteiger partial charge < -0.3 is 5.32 Å². The molecule has 5 nitrogen and oxygen atoms in total. The van der Waals surface area contributed by atoms with Crippen LogP contribution in [0.5, 0.6) is 0 Å². The Morgan fingerprint density at radius 1 is 1.17 bits per heavy atom. The van der Waals surface area contributed by atoms with Gasteiger partial charge in [0.1, 0.15) is 0 Å². The number of rotatable bonds is 4. The van der Waals surface area contributed by atoms with Gasteiger partial charge in [0.2, 0.25) is 10.0 Å². The fourth-order valence-corrected chi connectivity index (χ4v) is 3.13. The number of nitrogens with zero attached hydrogens (tertiary/aromatic N) is 2. The van der Waals surface area contributed by atoms with E-state index in [4.69, 9.17) is 0 Å². The Bertz CT molecular complexity index is 354. The molecule has 1 unspecified atom stereocenters. The molecule has 18 heavy (non-hydrogen) atoms. The maximum Gasteiger partial charge on any atom is 0.211 e. The van der Waals surface area contributed by atoms with Gasteiger partial charge in [-0.3, -0.25) is 4.90 Å². The minimum atomic E-state index is -3.02. The highest BCUT2D eigenvalue weighted by molar-refractivity contribution is 7.88. The van der Waals surface area contributed by atoms with E-state index in [9.17, 15) is 8.42 Å². The summed E-state index contributed by atoms with van der Waals surface area (Å²) in [5.41, 5.74) is 0.211. The Hall–Kier alpha value is -0.170. The largest absolute Gasteiger partial charge is 0.315 e. The van der Waals surface area contributed by atoms with Crippen LogP contribution in [-0.2, 0) is 10.0 Å². The van der Waals surface area contributed by atoms with Crippen molar-refractivity contribution in [1.82, 2.24) is 14.5 Å². The standard InChI is InChI=1S/C12H27N3O2S/c1-12(2,3)11(13-4)10-14-6-8-15(9-7-14)18(5,16)17/h11,13H,6-10H2,1-5H3. The van der Waals surface area contributed by atoms with Gasteiger partial charge in [0.25, 0.3) is 0 Å². The molecule has 0 aromatic heterocycles. The first-order valence-corrected chi connectivity index (χ1v) is 8.34. The fraction of sp³-hybridized carbons (Fsp3) is 1.00. The Balaban J connectivity index is 2.49. The maximum absolute atomic E-state index is 11.4. The van der Waals surface area contributed by atoms with Crippen molar-refractivity contribution in [2.75, 3.05) is 46.0 Å². The topological polar surface area (TPSA) is 52.6 Å². The van der Waals surface area contributed by atoms with Gasteiger partial charge in [-0.1, -0.05) is 20.8 Å². The molecule has 0 amide bonds. The Labute approximate surface area is 112 Å². The lowest BCUT2D eigenvalue weighted by Gasteiger charge is -2.39. The first-order chi connectivity index (χ1) is 8.14. The molecule has 0 aromatic carbocycles. The van der Waals surface area contributed by atoms with Crippen LogP contribution >= 0.6 is 0 Å². The van der Waals surface area contributed by atoms with E-state index < -0.39 is 10.0 Å². The van der Waals surface area contributed by atoms with Gasteiger partial charge in [-0.2, -0.15) is 4.31 Å². The summed E-state index contributed by atoms with van der Waals surface area (Å²) in [5.74, 6) is 0. The van der Waals surface area contributed by atoms with Crippen LogP contribution in [0.15, 0.2) is 0 Å². The number of hydrogen-bond donors (Lipinski definition) is 1. The lowest BCUT2D eigenvalue weighted by atomic mass is 9.86. The van der Waals surface area contributed by atoms with Crippen molar-refractivity contribution in [2.24, 2.45) is 5.41 Å². The number of piperazine rings is 1. The average molecular weight is 277 g/mol. The molecule has 0 saturated carbocycles. The maximum atomic E-state index is 11.4. The summed E-state index contributed by atoms with van der Waals surface area (Å²) >= 11 is 0. The van der Waals surface area contributed by atoms with E-state index in [1.807, 2.05) is 7.05 Å². The second-order valence-electron chi connectivity index (χ2n) is 6.17. The molecule has 1 aliphatic heterocycles. The van der Waals surface area contributed by atoms with Crippen LogP contribution in [0.4, 0.5) is 0 Å². The molecule has 0 radical (unpaired) electrons. The van der Waals surface area contributed by atoms with E-state index in [2.05, 4.69) is 31.0 Å². The van der Waals surface area contributed by atoms with E-state index in [0.29, 0.717) is 19.1 Å². The third kappa shape index (κ3) is 4.50. The van der Waals surface area contributed by atoms with Gasteiger partial charge in [0, 0.05) is 38.8 Å². The number of sulfonamides is 1. The molecule has 1 rings (SSSR count). The van der Waals surface area contributed by atoms with Crippen molar-refractivity contribution in [1.29, 1.82) is 0 Å². The van der Waals surface area contributed by atoms with E-state index in [1.54, 1.807) is 4.31 Å². The smallest absolute Gasteiger partial charge is 0.211 e. The number of likely N-dealkylation sites (N-methyl/N-ethyl adjacent to an activating group) is 1. The zero-order valence-corrected chi connectivity index (χ0v) is 13.0. The van der Waals surface area contributed by atoms with E-state index >= 15 is 0 Å². The zero-order chi connectivity index (χ0) is 14.0. The van der Waals surface area contributed by atoms with E-state index in [0.717, 1.165) is 19.6 Å². The highest BCUT2D eigenvalue weighted by Crippen LogP contribution is 2.20.